The predicted molar refractivity (Wildman–Crippen MR) is 113 cm³/mol. The molecule has 1 aliphatic rings. The molecule has 2 aromatic carbocycles. The molecule has 0 spiro atoms. The van der Waals surface area contributed by atoms with Gasteiger partial charge in [0.15, 0.2) is 0 Å². The van der Waals surface area contributed by atoms with Gasteiger partial charge in [0.1, 0.15) is 18.2 Å². The molecule has 30 heavy (non-hydrogen) atoms. The molecule has 2 atom stereocenters. The van der Waals surface area contributed by atoms with Crippen molar-refractivity contribution >= 4 is 12.1 Å². The molecule has 1 fully saturated rings. The van der Waals surface area contributed by atoms with Gasteiger partial charge >= 0.3 is 12.1 Å². The van der Waals surface area contributed by atoms with Crippen LogP contribution in [-0.4, -0.2) is 41.3 Å². The molecule has 1 heterocycles. The number of ether oxygens (including phenoxy) is 3. The van der Waals surface area contributed by atoms with Crippen molar-refractivity contribution in [3.05, 3.63) is 71.8 Å². The van der Waals surface area contributed by atoms with E-state index in [1.54, 1.807) is 20.8 Å². The smallest absolute Gasteiger partial charge is 0.411 e. The first-order chi connectivity index (χ1) is 14.3. The van der Waals surface area contributed by atoms with Gasteiger partial charge in [0.05, 0.1) is 19.3 Å². The predicted octanol–water partition coefficient (Wildman–Crippen LogP) is 4.32. The first kappa shape index (κ1) is 21.8. The monoisotopic (exact) mass is 411 g/mol. The number of amides is 1. The van der Waals surface area contributed by atoms with Crippen LogP contribution in [0.1, 0.15) is 38.3 Å². The van der Waals surface area contributed by atoms with Crippen molar-refractivity contribution < 1.29 is 23.8 Å². The van der Waals surface area contributed by atoms with Crippen LogP contribution < -0.4 is 0 Å². The van der Waals surface area contributed by atoms with E-state index in [-0.39, 0.29) is 19.3 Å². The van der Waals surface area contributed by atoms with Crippen LogP contribution in [-0.2, 0) is 32.2 Å². The average Bonchev–Trinajstić information content (AvgIpc) is 3.15. The van der Waals surface area contributed by atoms with Gasteiger partial charge in [-0.3, -0.25) is 4.90 Å². The molecular weight excluding hydrogens is 382 g/mol. The van der Waals surface area contributed by atoms with Crippen molar-refractivity contribution in [1.29, 1.82) is 0 Å². The van der Waals surface area contributed by atoms with Crippen LogP contribution in [0.3, 0.4) is 0 Å². The van der Waals surface area contributed by atoms with Gasteiger partial charge in [0, 0.05) is 6.42 Å². The van der Waals surface area contributed by atoms with Gasteiger partial charge < -0.3 is 14.2 Å². The zero-order valence-electron chi connectivity index (χ0n) is 17.7. The van der Waals surface area contributed by atoms with Crippen LogP contribution in [0.15, 0.2) is 60.7 Å². The van der Waals surface area contributed by atoms with E-state index < -0.39 is 23.7 Å². The van der Waals surface area contributed by atoms with Crippen molar-refractivity contribution in [2.24, 2.45) is 0 Å². The van der Waals surface area contributed by atoms with Gasteiger partial charge in [0.25, 0.3) is 0 Å². The molecule has 0 N–H and O–H groups in total. The van der Waals surface area contributed by atoms with Crippen LogP contribution in [0.2, 0.25) is 0 Å². The molecule has 6 heteroatoms. The van der Waals surface area contributed by atoms with Gasteiger partial charge in [-0.25, -0.2) is 9.59 Å². The number of carbonyl (C=O) groups excluding carboxylic acids is 2. The van der Waals surface area contributed by atoms with E-state index >= 15 is 0 Å². The molecule has 1 saturated heterocycles. The number of rotatable bonds is 6. The van der Waals surface area contributed by atoms with Crippen LogP contribution in [0, 0.1) is 0 Å². The summed E-state index contributed by atoms with van der Waals surface area (Å²) in [4.78, 5) is 26.9. The third-order valence-corrected chi connectivity index (χ3v) is 4.72. The lowest BCUT2D eigenvalue weighted by Gasteiger charge is -2.27. The maximum atomic E-state index is 12.8. The molecule has 1 amide bonds. The lowest BCUT2D eigenvalue weighted by molar-refractivity contribution is -0.150. The number of esters is 1. The quantitative estimate of drug-likeness (QED) is 0.662. The summed E-state index contributed by atoms with van der Waals surface area (Å²) in [6, 6.07) is 18.5. The highest BCUT2D eigenvalue weighted by Gasteiger charge is 2.43. The normalized spacial score (nSPS) is 18.8. The molecule has 0 saturated carbocycles. The molecule has 3 rings (SSSR count). The van der Waals surface area contributed by atoms with Gasteiger partial charge in [-0.15, -0.1) is 0 Å². The molecule has 0 aliphatic carbocycles. The standard InChI is InChI=1S/C24H29NO5/c1-24(2,3)30-23(27)25-15-20(28-16-18-10-6-4-7-11-18)14-21(25)22(26)29-17-19-12-8-5-9-13-19/h4-13,20-21H,14-17H2,1-3H3/t20-,21-/m1/s1. The van der Waals surface area contributed by atoms with E-state index in [0.29, 0.717) is 13.0 Å². The number of carbonyl (C=O) groups is 2. The highest BCUT2D eigenvalue weighted by molar-refractivity contribution is 5.82. The molecule has 0 bridgehead atoms. The van der Waals surface area contributed by atoms with E-state index in [4.69, 9.17) is 14.2 Å². The Kier molecular flexibility index (Phi) is 7.11. The van der Waals surface area contributed by atoms with Crippen LogP contribution in [0.25, 0.3) is 0 Å². The van der Waals surface area contributed by atoms with Gasteiger partial charge in [0.2, 0.25) is 0 Å². The summed E-state index contributed by atoms with van der Waals surface area (Å²) in [5, 5.41) is 0. The molecule has 0 unspecified atom stereocenters. The number of likely N-dealkylation sites (tertiary alicyclic amines) is 1. The van der Waals surface area contributed by atoms with Gasteiger partial charge in [-0.05, 0) is 31.9 Å². The third-order valence-electron chi connectivity index (χ3n) is 4.72. The van der Waals surface area contributed by atoms with E-state index in [1.807, 2.05) is 60.7 Å². The summed E-state index contributed by atoms with van der Waals surface area (Å²) in [6.07, 6.45) is -0.429. The summed E-state index contributed by atoms with van der Waals surface area (Å²) in [5.74, 6) is -0.449. The van der Waals surface area contributed by atoms with E-state index in [2.05, 4.69) is 0 Å². The van der Waals surface area contributed by atoms with E-state index in [0.717, 1.165) is 11.1 Å². The Morgan fingerprint density at radius 1 is 0.933 bits per heavy atom. The number of hydrogen-bond acceptors (Lipinski definition) is 5. The fourth-order valence-electron chi connectivity index (χ4n) is 3.28. The zero-order valence-corrected chi connectivity index (χ0v) is 17.7. The number of hydrogen-bond donors (Lipinski definition) is 0. The summed E-state index contributed by atoms with van der Waals surface area (Å²) < 4.78 is 17.0. The number of benzene rings is 2. The first-order valence-corrected chi connectivity index (χ1v) is 10.2. The van der Waals surface area contributed by atoms with Gasteiger partial charge in [-0.2, -0.15) is 0 Å². The van der Waals surface area contributed by atoms with Crippen molar-refractivity contribution in [3.8, 4) is 0 Å². The Morgan fingerprint density at radius 2 is 1.50 bits per heavy atom. The fourth-order valence-corrected chi connectivity index (χ4v) is 3.28. The molecule has 160 valence electrons. The van der Waals surface area contributed by atoms with Crippen LogP contribution in [0.4, 0.5) is 4.79 Å². The third kappa shape index (κ3) is 6.32. The second-order valence-corrected chi connectivity index (χ2v) is 8.40. The minimum atomic E-state index is -0.732. The molecule has 0 aromatic heterocycles. The number of nitrogens with zero attached hydrogens (tertiary/aromatic N) is 1. The minimum absolute atomic E-state index is 0.161. The largest absolute Gasteiger partial charge is 0.459 e. The van der Waals surface area contributed by atoms with E-state index in [9.17, 15) is 9.59 Å². The Labute approximate surface area is 177 Å². The summed E-state index contributed by atoms with van der Waals surface area (Å²) in [7, 11) is 0. The van der Waals surface area contributed by atoms with Gasteiger partial charge in [-0.1, -0.05) is 60.7 Å². The van der Waals surface area contributed by atoms with Crippen LogP contribution in [0.5, 0.6) is 0 Å². The molecule has 2 aromatic rings. The highest BCUT2D eigenvalue weighted by Crippen LogP contribution is 2.25. The SMILES string of the molecule is CC(C)(C)OC(=O)N1C[C@H](OCc2ccccc2)C[C@@H]1C(=O)OCc1ccccc1. The average molecular weight is 411 g/mol. The van der Waals surface area contributed by atoms with E-state index in [1.165, 1.54) is 4.90 Å². The Hall–Kier alpha value is -2.86. The summed E-state index contributed by atoms with van der Waals surface area (Å²) in [5.41, 5.74) is 1.28. The van der Waals surface area contributed by atoms with Crippen LogP contribution >= 0.6 is 0 Å². The molecule has 0 radical (unpaired) electrons. The Bertz CT molecular complexity index is 832. The lowest BCUT2D eigenvalue weighted by atomic mass is 10.2. The van der Waals surface area contributed by atoms with Crippen molar-refractivity contribution in [2.45, 2.75) is 58.2 Å². The summed E-state index contributed by atoms with van der Waals surface area (Å²) in [6.45, 7) is 6.26. The molecule has 6 nitrogen and oxygen atoms in total. The fraction of sp³-hybridized carbons (Fsp3) is 0.417. The van der Waals surface area contributed by atoms with Crippen molar-refractivity contribution in [2.75, 3.05) is 6.54 Å². The highest BCUT2D eigenvalue weighted by atomic mass is 16.6. The second kappa shape index (κ2) is 9.76. The second-order valence-electron chi connectivity index (χ2n) is 8.40. The maximum absolute atomic E-state index is 12.8. The lowest BCUT2D eigenvalue weighted by Crippen LogP contribution is -2.44. The Balaban J connectivity index is 1.64. The molecule has 1 aliphatic heterocycles. The topological polar surface area (TPSA) is 65.1 Å². The summed E-state index contributed by atoms with van der Waals surface area (Å²) >= 11 is 0. The van der Waals surface area contributed by atoms with Crippen molar-refractivity contribution in [1.82, 2.24) is 4.90 Å². The maximum Gasteiger partial charge on any atom is 0.411 e. The minimum Gasteiger partial charge on any atom is -0.459 e. The first-order valence-electron chi connectivity index (χ1n) is 10.2. The van der Waals surface area contributed by atoms with Crippen molar-refractivity contribution in [3.63, 3.8) is 0 Å². The zero-order chi connectivity index (χ0) is 21.6. The Morgan fingerprint density at radius 3 is 2.07 bits per heavy atom. The molecular formula is C24H29NO5.